The number of allylic oxidation sites excluding steroid dienone is 3. The van der Waals surface area contributed by atoms with Gasteiger partial charge in [-0.25, -0.2) is 0 Å². The minimum Gasteiger partial charge on any atom is -0.493 e. The van der Waals surface area contributed by atoms with Crippen molar-refractivity contribution in [3.63, 3.8) is 0 Å². The van der Waals surface area contributed by atoms with Gasteiger partial charge >= 0.3 is 0 Å². The Bertz CT molecular complexity index is 1500. The zero-order valence-electron chi connectivity index (χ0n) is 21.1. The van der Waals surface area contributed by atoms with Crippen molar-refractivity contribution < 1.29 is 19.0 Å². The molecule has 0 amide bonds. The van der Waals surface area contributed by atoms with Crippen LogP contribution in [0.4, 0.5) is 0 Å². The SMILES string of the molecule is COc1ccc(C(=O)/C=C\C2=C(c3ccccc3)Oc3ccccc3[C@@H]2c2ccccc2C)cc1OC. The molecule has 1 aliphatic rings. The molecule has 5 rings (SSSR count). The number of fused-ring (bicyclic) bond motifs is 1. The maximum absolute atomic E-state index is 13.3. The first-order valence-corrected chi connectivity index (χ1v) is 12.2. The molecule has 4 aromatic rings. The molecule has 0 N–H and O–H groups in total. The molecule has 0 unspecified atom stereocenters. The van der Waals surface area contributed by atoms with E-state index in [0.717, 1.165) is 28.2 Å². The third-order valence-corrected chi connectivity index (χ3v) is 6.63. The average molecular weight is 489 g/mol. The van der Waals surface area contributed by atoms with E-state index in [1.165, 1.54) is 11.1 Å². The molecule has 1 aliphatic heterocycles. The number of ketones is 1. The second-order valence-electron chi connectivity index (χ2n) is 8.85. The topological polar surface area (TPSA) is 44.8 Å². The number of benzene rings is 4. The number of carbonyl (C=O) groups is 1. The molecule has 1 atom stereocenters. The fourth-order valence-corrected chi connectivity index (χ4v) is 4.76. The Hall–Kier alpha value is -4.57. The van der Waals surface area contributed by atoms with Crippen molar-refractivity contribution in [2.24, 2.45) is 0 Å². The number of hydrogen-bond acceptors (Lipinski definition) is 4. The first-order valence-electron chi connectivity index (χ1n) is 12.2. The van der Waals surface area contributed by atoms with E-state index in [4.69, 9.17) is 14.2 Å². The van der Waals surface area contributed by atoms with Crippen molar-refractivity contribution in [2.75, 3.05) is 14.2 Å². The highest BCUT2D eigenvalue weighted by molar-refractivity contribution is 6.05. The Labute approximate surface area is 217 Å². The lowest BCUT2D eigenvalue weighted by Crippen LogP contribution is -2.16. The Morgan fingerprint density at radius 1 is 0.784 bits per heavy atom. The minimum absolute atomic E-state index is 0.101. The summed E-state index contributed by atoms with van der Waals surface area (Å²) in [5, 5.41) is 0. The molecule has 4 aromatic carbocycles. The fraction of sp³-hybridized carbons (Fsp3) is 0.121. The second kappa shape index (κ2) is 10.6. The predicted molar refractivity (Wildman–Crippen MR) is 146 cm³/mol. The zero-order valence-corrected chi connectivity index (χ0v) is 21.1. The van der Waals surface area contributed by atoms with E-state index in [1.54, 1.807) is 38.5 Å². The summed E-state index contributed by atoms with van der Waals surface area (Å²) >= 11 is 0. The van der Waals surface area contributed by atoms with Crippen molar-refractivity contribution in [3.8, 4) is 17.2 Å². The van der Waals surface area contributed by atoms with Gasteiger partial charge in [-0.2, -0.15) is 0 Å². The summed E-state index contributed by atoms with van der Waals surface area (Å²) in [7, 11) is 3.13. The van der Waals surface area contributed by atoms with Crippen LogP contribution in [0.5, 0.6) is 17.2 Å². The highest BCUT2D eigenvalue weighted by Crippen LogP contribution is 2.47. The number of ether oxygens (including phenoxy) is 3. The van der Waals surface area contributed by atoms with Gasteiger partial charge in [-0.3, -0.25) is 4.79 Å². The fourth-order valence-electron chi connectivity index (χ4n) is 4.76. The van der Waals surface area contributed by atoms with Crippen molar-refractivity contribution in [2.45, 2.75) is 12.8 Å². The molecule has 0 radical (unpaired) electrons. The van der Waals surface area contributed by atoms with E-state index in [-0.39, 0.29) is 11.7 Å². The largest absolute Gasteiger partial charge is 0.493 e. The Morgan fingerprint density at radius 3 is 2.19 bits per heavy atom. The smallest absolute Gasteiger partial charge is 0.185 e. The molecule has 4 nitrogen and oxygen atoms in total. The van der Waals surface area contributed by atoms with E-state index in [2.05, 4.69) is 31.2 Å². The van der Waals surface area contributed by atoms with Gasteiger partial charge in [0.25, 0.3) is 0 Å². The summed E-state index contributed by atoms with van der Waals surface area (Å²) in [4.78, 5) is 13.3. The lowest BCUT2D eigenvalue weighted by atomic mass is 9.79. The average Bonchev–Trinajstić information content (AvgIpc) is 2.95. The predicted octanol–water partition coefficient (Wildman–Crippen LogP) is 7.39. The summed E-state index contributed by atoms with van der Waals surface area (Å²) in [5.74, 6) is 2.41. The monoisotopic (exact) mass is 488 g/mol. The van der Waals surface area contributed by atoms with Crippen LogP contribution in [0.15, 0.2) is 115 Å². The third kappa shape index (κ3) is 4.78. The molecular weight excluding hydrogens is 460 g/mol. The first-order chi connectivity index (χ1) is 18.1. The van der Waals surface area contributed by atoms with Crippen molar-refractivity contribution in [1.82, 2.24) is 0 Å². The van der Waals surface area contributed by atoms with E-state index in [0.29, 0.717) is 17.1 Å². The van der Waals surface area contributed by atoms with Crippen molar-refractivity contribution >= 4 is 11.5 Å². The van der Waals surface area contributed by atoms with Crippen LogP contribution < -0.4 is 14.2 Å². The molecule has 0 aromatic heterocycles. The molecule has 1 heterocycles. The minimum atomic E-state index is -0.136. The van der Waals surface area contributed by atoms with E-state index < -0.39 is 0 Å². The third-order valence-electron chi connectivity index (χ3n) is 6.63. The summed E-state index contributed by atoms with van der Waals surface area (Å²) in [5.41, 5.74) is 5.80. The summed E-state index contributed by atoms with van der Waals surface area (Å²) in [6.45, 7) is 2.12. The van der Waals surface area contributed by atoms with Gasteiger partial charge in [0.2, 0.25) is 0 Å². The highest BCUT2D eigenvalue weighted by Gasteiger charge is 2.31. The molecule has 0 bridgehead atoms. The number of methoxy groups -OCH3 is 2. The van der Waals surface area contributed by atoms with Gasteiger partial charge in [-0.1, -0.05) is 78.9 Å². The molecular formula is C33H28O4. The second-order valence-corrected chi connectivity index (χ2v) is 8.85. The summed E-state index contributed by atoms with van der Waals surface area (Å²) in [6.07, 6.45) is 3.51. The van der Waals surface area contributed by atoms with Gasteiger partial charge in [-0.15, -0.1) is 0 Å². The van der Waals surface area contributed by atoms with Gasteiger partial charge in [-0.05, 0) is 48.4 Å². The molecule has 0 saturated heterocycles. The first kappa shape index (κ1) is 24.1. The lowest BCUT2D eigenvalue weighted by molar-refractivity contribution is 0.104. The number of rotatable bonds is 7. The maximum Gasteiger partial charge on any atom is 0.185 e. The van der Waals surface area contributed by atoms with Crippen LogP contribution in [0.3, 0.4) is 0 Å². The van der Waals surface area contributed by atoms with Crippen LogP contribution in [-0.2, 0) is 0 Å². The van der Waals surface area contributed by atoms with E-state index in [9.17, 15) is 4.79 Å². The number of aryl methyl sites for hydroxylation is 1. The standard InChI is InChI=1S/C33H28O4/c1-22-11-7-8-14-25(22)32-26-15-9-10-16-29(26)37-33(23-12-5-4-6-13-23)27(32)18-19-28(34)24-17-20-30(35-2)31(21-24)36-3/h4-21,32H,1-3H3/b19-18-/t32-/m0/s1. The maximum atomic E-state index is 13.3. The van der Waals surface area contributed by atoms with Crippen LogP contribution >= 0.6 is 0 Å². The van der Waals surface area contributed by atoms with E-state index >= 15 is 0 Å². The molecule has 0 spiro atoms. The van der Waals surface area contributed by atoms with Crippen molar-refractivity contribution in [1.29, 1.82) is 0 Å². The van der Waals surface area contributed by atoms with Gasteiger partial charge in [0.1, 0.15) is 11.5 Å². The Balaban J connectivity index is 1.66. The zero-order chi connectivity index (χ0) is 25.8. The van der Waals surface area contributed by atoms with Crippen LogP contribution in [0.2, 0.25) is 0 Å². The molecule has 0 fully saturated rings. The van der Waals surface area contributed by atoms with E-state index in [1.807, 2.05) is 60.7 Å². The van der Waals surface area contributed by atoms with Crippen LogP contribution in [0.1, 0.15) is 38.5 Å². The van der Waals surface area contributed by atoms with Gasteiger partial charge in [0, 0.05) is 28.2 Å². The Morgan fingerprint density at radius 2 is 1.46 bits per heavy atom. The number of hydrogen-bond donors (Lipinski definition) is 0. The van der Waals surface area contributed by atoms with Gasteiger partial charge in [0.05, 0.1) is 14.2 Å². The van der Waals surface area contributed by atoms with Gasteiger partial charge < -0.3 is 14.2 Å². The van der Waals surface area contributed by atoms with Crippen LogP contribution in [0.25, 0.3) is 5.76 Å². The normalized spacial score (nSPS) is 14.7. The molecule has 184 valence electrons. The molecule has 0 aliphatic carbocycles. The van der Waals surface area contributed by atoms with Gasteiger partial charge in [0.15, 0.2) is 17.3 Å². The molecule has 4 heteroatoms. The number of para-hydroxylation sites is 1. The quantitative estimate of drug-likeness (QED) is 0.201. The summed E-state index contributed by atoms with van der Waals surface area (Å²) in [6, 6.07) is 31.7. The molecule has 0 saturated carbocycles. The van der Waals surface area contributed by atoms with Crippen molar-refractivity contribution in [3.05, 3.63) is 143 Å². The van der Waals surface area contributed by atoms with Crippen LogP contribution in [0, 0.1) is 6.92 Å². The van der Waals surface area contributed by atoms with Crippen LogP contribution in [-0.4, -0.2) is 20.0 Å². The number of carbonyl (C=O) groups excluding carboxylic acids is 1. The lowest BCUT2D eigenvalue weighted by Gasteiger charge is -2.31. The molecule has 37 heavy (non-hydrogen) atoms. The summed E-state index contributed by atoms with van der Waals surface area (Å²) < 4.78 is 17.2. The Kier molecular flexibility index (Phi) is 6.91. The highest BCUT2D eigenvalue weighted by atomic mass is 16.5.